The fourth-order valence-electron chi connectivity index (χ4n) is 1.73. The van der Waals surface area contributed by atoms with E-state index >= 15 is 0 Å². The average Bonchev–Trinajstić information content (AvgIpc) is 2.44. The number of oxime groups is 1. The van der Waals surface area contributed by atoms with Gasteiger partial charge in [-0.3, -0.25) is 10.1 Å². The SMILES string of the molecule is CCC(C)(C)N(C)c1ccc(C(N)=NO)cc1[N+](=O)[O-]. The van der Waals surface area contributed by atoms with Crippen molar-refractivity contribution in [3.8, 4) is 0 Å². The van der Waals surface area contributed by atoms with Gasteiger partial charge in [0.2, 0.25) is 0 Å². The van der Waals surface area contributed by atoms with Crippen molar-refractivity contribution in [1.82, 2.24) is 0 Å². The Labute approximate surface area is 117 Å². The molecule has 0 spiro atoms. The van der Waals surface area contributed by atoms with E-state index in [-0.39, 0.29) is 17.1 Å². The van der Waals surface area contributed by atoms with Crippen LogP contribution >= 0.6 is 0 Å². The Morgan fingerprint density at radius 3 is 2.60 bits per heavy atom. The maximum Gasteiger partial charge on any atom is 0.293 e. The summed E-state index contributed by atoms with van der Waals surface area (Å²) >= 11 is 0. The first-order valence-corrected chi connectivity index (χ1v) is 6.24. The summed E-state index contributed by atoms with van der Waals surface area (Å²) in [4.78, 5) is 12.6. The molecule has 1 aromatic carbocycles. The minimum atomic E-state index is -0.467. The number of amidine groups is 1. The molecule has 110 valence electrons. The molecule has 7 heteroatoms. The van der Waals surface area contributed by atoms with E-state index < -0.39 is 4.92 Å². The summed E-state index contributed by atoms with van der Waals surface area (Å²) in [5.41, 5.74) is 5.98. The Morgan fingerprint density at radius 2 is 2.15 bits per heavy atom. The van der Waals surface area contributed by atoms with Crippen molar-refractivity contribution in [1.29, 1.82) is 0 Å². The second-order valence-corrected chi connectivity index (χ2v) is 5.17. The molecular weight excluding hydrogens is 260 g/mol. The van der Waals surface area contributed by atoms with E-state index in [0.29, 0.717) is 11.3 Å². The van der Waals surface area contributed by atoms with Gasteiger partial charge in [-0.1, -0.05) is 12.1 Å². The molecule has 7 nitrogen and oxygen atoms in total. The van der Waals surface area contributed by atoms with Gasteiger partial charge in [-0.25, -0.2) is 0 Å². The lowest BCUT2D eigenvalue weighted by atomic mass is 9.98. The molecule has 0 atom stereocenters. The number of nitrogens with zero attached hydrogens (tertiary/aromatic N) is 3. The highest BCUT2D eigenvalue weighted by atomic mass is 16.6. The van der Waals surface area contributed by atoms with E-state index in [1.165, 1.54) is 6.07 Å². The second kappa shape index (κ2) is 5.77. The van der Waals surface area contributed by atoms with Gasteiger partial charge < -0.3 is 15.8 Å². The maximum atomic E-state index is 11.2. The minimum absolute atomic E-state index is 0.0712. The van der Waals surface area contributed by atoms with Crippen LogP contribution in [-0.4, -0.2) is 28.6 Å². The van der Waals surface area contributed by atoms with Gasteiger partial charge >= 0.3 is 0 Å². The lowest BCUT2D eigenvalue weighted by Crippen LogP contribution is -2.40. The van der Waals surface area contributed by atoms with Crippen LogP contribution in [0.2, 0.25) is 0 Å². The van der Waals surface area contributed by atoms with Crippen LogP contribution in [0.3, 0.4) is 0 Å². The molecule has 0 amide bonds. The number of rotatable bonds is 5. The number of benzene rings is 1. The van der Waals surface area contributed by atoms with E-state index in [1.807, 2.05) is 32.7 Å². The molecule has 0 fully saturated rings. The first kappa shape index (κ1) is 15.7. The summed E-state index contributed by atoms with van der Waals surface area (Å²) in [6, 6.07) is 4.52. The molecule has 3 N–H and O–H groups in total. The lowest BCUT2D eigenvalue weighted by Gasteiger charge is -2.36. The third kappa shape index (κ3) is 2.98. The third-order valence-electron chi connectivity index (χ3n) is 3.71. The lowest BCUT2D eigenvalue weighted by molar-refractivity contribution is -0.384. The van der Waals surface area contributed by atoms with Gasteiger partial charge in [-0.15, -0.1) is 0 Å². The monoisotopic (exact) mass is 280 g/mol. The zero-order valence-electron chi connectivity index (χ0n) is 12.1. The molecule has 0 radical (unpaired) electrons. The summed E-state index contributed by atoms with van der Waals surface area (Å²) in [7, 11) is 1.81. The van der Waals surface area contributed by atoms with Gasteiger partial charge in [0, 0.05) is 24.2 Å². The molecule has 0 aromatic heterocycles. The van der Waals surface area contributed by atoms with Crippen LogP contribution in [0.5, 0.6) is 0 Å². The van der Waals surface area contributed by atoms with Crippen molar-refractivity contribution < 1.29 is 10.1 Å². The Kier molecular flexibility index (Phi) is 4.54. The zero-order chi connectivity index (χ0) is 15.5. The average molecular weight is 280 g/mol. The second-order valence-electron chi connectivity index (χ2n) is 5.17. The first-order valence-electron chi connectivity index (χ1n) is 6.24. The highest BCUT2D eigenvalue weighted by Gasteiger charge is 2.27. The number of anilines is 1. The quantitative estimate of drug-likeness (QED) is 0.283. The molecule has 1 rings (SSSR count). The van der Waals surface area contributed by atoms with Gasteiger partial charge in [-0.2, -0.15) is 0 Å². The van der Waals surface area contributed by atoms with Crippen molar-refractivity contribution in [3.63, 3.8) is 0 Å². The van der Waals surface area contributed by atoms with Crippen molar-refractivity contribution in [2.45, 2.75) is 32.7 Å². The number of nitrogens with two attached hydrogens (primary N) is 1. The Morgan fingerprint density at radius 1 is 1.55 bits per heavy atom. The third-order valence-corrected chi connectivity index (χ3v) is 3.71. The molecular formula is C13H20N4O3. The highest BCUT2D eigenvalue weighted by Crippen LogP contribution is 2.33. The summed E-state index contributed by atoms with van der Waals surface area (Å²) in [6.07, 6.45) is 0.836. The Hall–Kier alpha value is -2.31. The first-order chi connectivity index (χ1) is 9.24. The van der Waals surface area contributed by atoms with E-state index in [9.17, 15) is 10.1 Å². The van der Waals surface area contributed by atoms with Crippen molar-refractivity contribution in [3.05, 3.63) is 33.9 Å². The summed E-state index contributed by atoms with van der Waals surface area (Å²) in [5, 5.41) is 22.7. The van der Waals surface area contributed by atoms with Crippen molar-refractivity contribution in [2.75, 3.05) is 11.9 Å². The predicted molar refractivity (Wildman–Crippen MR) is 78.4 cm³/mol. The van der Waals surface area contributed by atoms with Crippen LogP contribution in [0.4, 0.5) is 11.4 Å². The van der Waals surface area contributed by atoms with Crippen LogP contribution in [0.1, 0.15) is 32.8 Å². The Balaban J connectivity index is 3.38. The molecule has 20 heavy (non-hydrogen) atoms. The number of nitro groups is 1. The molecule has 0 aliphatic carbocycles. The molecule has 0 aliphatic rings. The number of hydrogen-bond donors (Lipinski definition) is 2. The van der Waals surface area contributed by atoms with Crippen LogP contribution in [-0.2, 0) is 0 Å². The van der Waals surface area contributed by atoms with Crippen LogP contribution < -0.4 is 10.6 Å². The fourth-order valence-corrected chi connectivity index (χ4v) is 1.73. The molecule has 0 saturated carbocycles. The van der Waals surface area contributed by atoms with Gasteiger partial charge in [-0.05, 0) is 32.4 Å². The standard InChI is InChI=1S/C13H20N4O3/c1-5-13(2,3)16(4)10-7-6-9(12(14)15-18)8-11(10)17(19)20/h6-8,18H,5H2,1-4H3,(H2,14,15). The molecule has 0 bridgehead atoms. The van der Waals surface area contributed by atoms with Gasteiger partial charge in [0.15, 0.2) is 5.84 Å². The van der Waals surface area contributed by atoms with E-state index in [2.05, 4.69) is 5.16 Å². The highest BCUT2D eigenvalue weighted by molar-refractivity contribution is 5.98. The van der Waals surface area contributed by atoms with Crippen LogP contribution in [0, 0.1) is 10.1 Å². The smallest absolute Gasteiger partial charge is 0.293 e. The fraction of sp³-hybridized carbons (Fsp3) is 0.462. The molecule has 0 saturated heterocycles. The van der Waals surface area contributed by atoms with Crippen molar-refractivity contribution >= 4 is 17.2 Å². The van der Waals surface area contributed by atoms with Crippen molar-refractivity contribution in [2.24, 2.45) is 10.9 Å². The largest absolute Gasteiger partial charge is 0.409 e. The normalized spacial score (nSPS) is 12.3. The van der Waals surface area contributed by atoms with E-state index in [0.717, 1.165) is 6.42 Å². The minimum Gasteiger partial charge on any atom is -0.409 e. The summed E-state index contributed by atoms with van der Waals surface area (Å²) in [5.74, 6) is -0.156. The topological polar surface area (TPSA) is 105 Å². The molecule has 0 aliphatic heterocycles. The van der Waals surface area contributed by atoms with E-state index in [1.54, 1.807) is 12.1 Å². The molecule has 1 aromatic rings. The molecule has 0 heterocycles. The van der Waals surface area contributed by atoms with Crippen LogP contribution in [0.15, 0.2) is 23.4 Å². The summed E-state index contributed by atoms with van der Waals surface area (Å²) < 4.78 is 0. The van der Waals surface area contributed by atoms with Crippen LogP contribution in [0.25, 0.3) is 0 Å². The van der Waals surface area contributed by atoms with Gasteiger partial charge in [0.1, 0.15) is 5.69 Å². The Bertz CT molecular complexity index is 540. The predicted octanol–water partition coefficient (Wildman–Crippen LogP) is 2.31. The van der Waals surface area contributed by atoms with Gasteiger partial charge in [0.25, 0.3) is 5.69 Å². The van der Waals surface area contributed by atoms with E-state index in [4.69, 9.17) is 10.9 Å². The number of nitro benzene ring substituents is 1. The summed E-state index contributed by atoms with van der Waals surface area (Å²) in [6.45, 7) is 6.04. The zero-order valence-corrected chi connectivity index (χ0v) is 12.1. The molecule has 0 unspecified atom stereocenters. The van der Waals surface area contributed by atoms with Gasteiger partial charge in [0.05, 0.1) is 4.92 Å². The number of hydrogen-bond acceptors (Lipinski definition) is 5. The maximum absolute atomic E-state index is 11.2.